The number of benzene rings is 2. The van der Waals surface area contributed by atoms with Gasteiger partial charge >= 0.3 is 0 Å². The number of anilines is 2. The van der Waals surface area contributed by atoms with Crippen molar-refractivity contribution in [1.82, 2.24) is 9.88 Å². The lowest BCUT2D eigenvalue weighted by molar-refractivity contribution is 0.243. The molecule has 2 aromatic carbocycles. The molecule has 0 atom stereocenters. The van der Waals surface area contributed by atoms with Crippen molar-refractivity contribution in [2.24, 2.45) is 0 Å². The fourth-order valence-corrected chi connectivity index (χ4v) is 6.81. The molecule has 2 aliphatic heterocycles. The summed E-state index contributed by atoms with van der Waals surface area (Å²) in [5.74, 6) is -1.01. The predicted molar refractivity (Wildman–Crippen MR) is 129 cm³/mol. The Labute approximate surface area is 202 Å². The molecule has 2 fully saturated rings. The highest BCUT2D eigenvalue weighted by atomic mass is 32.2. The first-order valence-corrected chi connectivity index (χ1v) is 13.7. The number of rotatable bonds is 8. The van der Waals surface area contributed by atoms with E-state index in [0.29, 0.717) is 29.9 Å². The van der Waals surface area contributed by atoms with Gasteiger partial charge in [-0.15, -0.1) is 11.3 Å². The number of nitrogens with one attached hydrogen (secondary N) is 2. The van der Waals surface area contributed by atoms with Crippen LogP contribution in [-0.2, 0) is 23.1 Å². The standard InChI is InChI=1S/C24H26F2N4O2S2/c1-15-21(9-10-22(24(15)26)34(31,32)29-23-13-33-14-28-23)27-11-19-16(3-2-4-20(19)25)12-30-17-5-6-18(30)8-7-17/h2-4,9-10,13-14,17-18,27,29H,5-8,11-12H2,1H3. The molecule has 0 radical (unpaired) electrons. The van der Waals surface area contributed by atoms with Crippen LogP contribution in [0.2, 0.25) is 0 Å². The summed E-state index contributed by atoms with van der Waals surface area (Å²) >= 11 is 1.23. The van der Waals surface area contributed by atoms with Crippen LogP contribution < -0.4 is 10.0 Å². The smallest absolute Gasteiger partial charge is 0.266 e. The first kappa shape index (κ1) is 23.2. The van der Waals surface area contributed by atoms with Crippen LogP contribution in [0.15, 0.2) is 46.1 Å². The summed E-state index contributed by atoms with van der Waals surface area (Å²) in [6, 6.07) is 9.00. The molecule has 10 heteroatoms. The SMILES string of the molecule is Cc1c(NCc2c(F)cccc2CN2C3CCC2CC3)ccc(S(=O)(=O)Nc2cscn2)c1F. The molecular formula is C24H26F2N4O2S2. The van der Waals surface area contributed by atoms with Gasteiger partial charge in [-0.2, -0.15) is 0 Å². The molecule has 1 aromatic heterocycles. The van der Waals surface area contributed by atoms with Crippen LogP contribution >= 0.6 is 11.3 Å². The van der Waals surface area contributed by atoms with Gasteiger partial charge in [0.05, 0.1) is 5.51 Å². The van der Waals surface area contributed by atoms with Gasteiger partial charge in [-0.05, 0) is 56.4 Å². The minimum absolute atomic E-state index is 0.141. The number of hydrogen-bond donors (Lipinski definition) is 2. The maximum atomic E-state index is 15.1. The maximum absolute atomic E-state index is 15.1. The molecule has 6 nitrogen and oxygen atoms in total. The van der Waals surface area contributed by atoms with E-state index in [0.717, 1.165) is 5.56 Å². The van der Waals surface area contributed by atoms with Gasteiger partial charge in [-0.25, -0.2) is 22.2 Å². The number of aromatic nitrogens is 1. The first-order valence-electron chi connectivity index (χ1n) is 11.3. The summed E-state index contributed by atoms with van der Waals surface area (Å²) in [5, 5.41) is 4.64. The molecule has 0 amide bonds. The number of thiazole rings is 1. The highest BCUT2D eigenvalue weighted by Crippen LogP contribution is 2.39. The number of halogens is 2. The van der Waals surface area contributed by atoms with E-state index in [9.17, 15) is 12.8 Å². The van der Waals surface area contributed by atoms with Crippen molar-refractivity contribution in [3.05, 3.63) is 69.5 Å². The van der Waals surface area contributed by atoms with Crippen LogP contribution in [0.4, 0.5) is 20.3 Å². The third kappa shape index (κ3) is 4.42. The number of hydrogen-bond acceptors (Lipinski definition) is 6. The Hall–Kier alpha value is -2.56. The van der Waals surface area contributed by atoms with E-state index in [1.54, 1.807) is 6.07 Å². The molecule has 34 heavy (non-hydrogen) atoms. The largest absolute Gasteiger partial charge is 0.381 e. The fourth-order valence-electron chi connectivity index (χ4n) is 5.12. The summed E-state index contributed by atoms with van der Waals surface area (Å²) in [5.41, 5.74) is 3.53. The van der Waals surface area contributed by atoms with E-state index in [4.69, 9.17) is 0 Å². The van der Waals surface area contributed by atoms with Crippen LogP contribution in [0.3, 0.4) is 0 Å². The van der Waals surface area contributed by atoms with E-state index < -0.39 is 20.7 Å². The predicted octanol–water partition coefficient (Wildman–Crippen LogP) is 5.27. The van der Waals surface area contributed by atoms with Gasteiger partial charge in [0.2, 0.25) is 0 Å². The summed E-state index contributed by atoms with van der Waals surface area (Å²) in [6.07, 6.45) is 4.83. The molecule has 0 saturated carbocycles. The van der Waals surface area contributed by atoms with Crippen molar-refractivity contribution in [2.45, 2.75) is 62.7 Å². The monoisotopic (exact) mass is 504 g/mol. The van der Waals surface area contributed by atoms with E-state index in [1.165, 1.54) is 73.0 Å². The average molecular weight is 505 g/mol. The van der Waals surface area contributed by atoms with E-state index in [-0.39, 0.29) is 23.7 Å². The average Bonchev–Trinajstić information content (AvgIpc) is 3.54. The lowest BCUT2D eigenvalue weighted by Gasteiger charge is -2.24. The van der Waals surface area contributed by atoms with Crippen LogP contribution in [0.1, 0.15) is 42.4 Å². The molecule has 5 rings (SSSR count). The van der Waals surface area contributed by atoms with Gasteiger partial charge in [-0.1, -0.05) is 12.1 Å². The van der Waals surface area contributed by atoms with Gasteiger partial charge in [0.1, 0.15) is 16.5 Å². The molecule has 2 bridgehead atoms. The topological polar surface area (TPSA) is 74.3 Å². The molecular weight excluding hydrogens is 478 g/mol. The van der Waals surface area contributed by atoms with Crippen molar-refractivity contribution in [1.29, 1.82) is 0 Å². The van der Waals surface area contributed by atoms with Gasteiger partial charge in [0.25, 0.3) is 10.0 Å². The molecule has 3 aromatic rings. The van der Waals surface area contributed by atoms with Crippen LogP contribution in [-0.4, -0.2) is 30.4 Å². The van der Waals surface area contributed by atoms with Crippen molar-refractivity contribution in [2.75, 3.05) is 10.0 Å². The summed E-state index contributed by atoms with van der Waals surface area (Å²) in [6.45, 7) is 2.38. The van der Waals surface area contributed by atoms with Crippen LogP contribution in [0.5, 0.6) is 0 Å². The Kier molecular flexibility index (Phi) is 6.30. The zero-order valence-corrected chi connectivity index (χ0v) is 20.4. The van der Waals surface area contributed by atoms with Crippen LogP contribution in [0.25, 0.3) is 0 Å². The zero-order chi connectivity index (χ0) is 23.9. The lowest BCUT2D eigenvalue weighted by atomic mass is 10.0. The van der Waals surface area contributed by atoms with Crippen molar-refractivity contribution in [3.8, 4) is 0 Å². The Morgan fingerprint density at radius 2 is 1.85 bits per heavy atom. The fraction of sp³-hybridized carbons (Fsp3) is 0.375. The Morgan fingerprint density at radius 3 is 2.53 bits per heavy atom. The highest BCUT2D eigenvalue weighted by molar-refractivity contribution is 7.92. The van der Waals surface area contributed by atoms with E-state index in [1.807, 2.05) is 6.07 Å². The third-order valence-corrected chi connectivity index (χ3v) is 8.90. The maximum Gasteiger partial charge on any atom is 0.266 e. The highest BCUT2D eigenvalue weighted by Gasteiger charge is 2.39. The van der Waals surface area contributed by atoms with Gasteiger partial charge in [-0.3, -0.25) is 9.62 Å². The number of fused-ring (bicyclic) bond motifs is 2. The van der Waals surface area contributed by atoms with Crippen molar-refractivity contribution >= 4 is 32.9 Å². The normalized spacial score (nSPS) is 20.1. The summed E-state index contributed by atoms with van der Waals surface area (Å²) in [7, 11) is -4.13. The Balaban J connectivity index is 1.34. The Morgan fingerprint density at radius 1 is 1.12 bits per heavy atom. The lowest BCUT2D eigenvalue weighted by Crippen LogP contribution is -2.28. The molecule has 3 heterocycles. The minimum Gasteiger partial charge on any atom is -0.381 e. The quantitative estimate of drug-likeness (QED) is 0.437. The second-order valence-electron chi connectivity index (χ2n) is 8.90. The summed E-state index contributed by atoms with van der Waals surface area (Å²) in [4.78, 5) is 5.91. The minimum atomic E-state index is -4.13. The second kappa shape index (κ2) is 9.24. The van der Waals surface area contributed by atoms with Gasteiger partial charge in [0, 0.05) is 47.4 Å². The number of nitrogens with zero attached hydrogens (tertiary/aromatic N) is 2. The van der Waals surface area contributed by atoms with Crippen LogP contribution in [0, 0.1) is 18.6 Å². The molecule has 180 valence electrons. The molecule has 0 aliphatic carbocycles. The summed E-state index contributed by atoms with van der Waals surface area (Å²) < 4.78 is 57.4. The van der Waals surface area contributed by atoms with Gasteiger partial charge < -0.3 is 5.32 Å². The van der Waals surface area contributed by atoms with E-state index in [2.05, 4.69) is 19.9 Å². The third-order valence-electron chi connectivity index (χ3n) is 6.94. The van der Waals surface area contributed by atoms with Gasteiger partial charge in [0.15, 0.2) is 5.82 Å². The molecule has 0 spiro atoms. The molecule has 0 unspecified atom stereocenters. The Bertz CT molecular complexity index is 1280. The van der Waals surface area contributed by atoms with Crippen molar-refractivity contribution < 1.29 is 17.2 Å². The molecule has 2 N–H and O–H groups in total. The molecule has 2 aliphatic rings. The second-order valence-corrected chi connectivity index (χ2v) is 11.3. The number of sulfonamides is 1. The first-order chi connectivity index (χ1) is 16.3. The van der Waals surface area contributed by atoms with E-state index >= 15 is 4.39 Å². The van der Waals surface area contributed by atoms with Crippen molar-refractivity contribution in [3.63, 3.8) is 0 Å². The zero-order valence-electron chi connectivity index (χ0n) is 18.7. The molecule has 2 saturated heterocycles.